The number of nitrogens with zero attached hydrogens (tertiary/aromatic N) is 1. The van der Waals surface area contributed by atoms with Gasteiger partial charge in [0, 0.05) is 24.7 Å². The van der Waals surface area contributed by atoms with Gasteiger partial charge >= 0.3 is 0 Å². The number of rotatable bonds is 5. The van der Waals surface area contributed by atoms with Crippen molar-refractivity contribution in [2.75, 3.05) is 17.8 Å². The summed E-state index contributed by atoms with van der Waals surface area (Å²) in [7, 11) is -3.72. The highest BCUT2D eigenvalue weighted by molar-refractivity contribution is 7.92. The van der Waals surface area contributed by atoms with Crippen molar-refractivity contribution in [1.29, 1.82) is 0 Å². The molecule has 1 amide bonds. The number of amides is 1. The molecule has 1 saturated heterocycles. The summed E-state index contributed by atoms with van der Waals surface area (Å²) in [6.07, 6.45) is 1.86. The number of carbonyl (C=O) groups excluding carboxylic acids is 1. The van der Waals surface area contributed by atoms with E-state index >= 15 is 0 Å². The first-order chi connectivity index (χ1) is 12.8. The van der Waals surface area contributed by atoms with Gasteiger partial charge in [0.25, 0.3) is 15.9 Å². The van der Waals surface area contributed by atoms with Crippen LogP contribution in [0.15, 0.2) is 47.4 Å². The summed E-state index contributed by atoms with van der Waals surface area (Å²) in [5.74, 6) is -0.102. The lowest BCUT2D eigenvalue weighted by molar-refractivity contribution is 0.0741. The quantitative estimate of drug-likeness (QED) is 0.772. The van der Waals surface area contributed by atoms with Crippen LogP contribution in [0.3, 0.4) is 0 Å². The zero-order valence-corrected chi connectivity index (χ0v) is 17.6. The molecule has 2 aromatic rings. The number of nitrogens with two attached hydrogens (primary N) is 1. The molecule has 1 aliphatic heterocycles. The van der Waals surface area contributed by atoms with Gasteiger partial charge in [-0.15, -0.1) is 12.4 Å². The first-order valence-electron chi connectivity index (χ1n) is 9.03. The fourth-order valence-electron chi connectivity index (χ4n) is 3.36. The largest absolute Gasteiger partial charge is 0.334 e. The van der Waals surface area contributed by atoms with Crippen LogP contribution in [-0.2, 0) is 10.0 Å². The van der Waals surface area contributed by atoms with Crippen LogP contribution in [0.4, 0.5) is 5.69 Å². The molecule has 1 atom stereocenters. The number of carbonyl (C=O) groups is 1. The Hall–Kier alpha value is -2.09. The zero-order valence-electron chi connectivity index (χ0n) is 16.0. The molecule has 0 radical (unpaired) electrons. The summed E-state index contributed by atoms with van der Waals surface area (Å²) in [5.41, 5.74) is 8.66. The molecule has 0 bridgehead atoms. The molecule has 8 heteroatoms. The predicted molar refractivity (Wildman–Crippen MR) is 114 cm³/mol. The Labute approximate surface area is 172 Å². The van der Waals surface area contributed by atoms with E-state index in [9.17, 15) is 13.2 Å². The zero-order chi connectivity index (χ0) is 19.6. The molecule has 28 heavy (non-hydrogen) atoms. The SMILES string of the molecule is Cc1cccc(NS(=O)(=O)c2ccc(C(=O)N3CCCC3CN)cc2)c1C.Cl. The van der Waals surface area contributed by atoms with E-state index in [1.54, 1.807) is 23.1 Å². The minimum absolute atomic E-state index is 0. The third-order valence-electron chi connectivity index (χ3n) is 5.17. The molecule has 3 rings (SSSR count). The maximum Gasteiger partial charge on any atom is 0.261 e. The molecule has 0 aromatic heterocycles. The minimum atomic E-state index is -3.72. The fraction of sp³-hybridized carbons (Fsp3) is 0.350. The van der Waals surface area contributed by atoms with E-state index in [2.05, 4.69) is 4.72 Å². The molecule has 1 unspecified atom stereocenters. The topological polar surface area (TPSA) is 92.5 Å². The third-order valence-corrected chi connectivity index (χ3v) is 6.55. The fourth-order valence-corrected chi connectivity index (χ4v) is 4.48. The van der Waals surface area contributed by atoms with E-state index in [-0.39, 0.29) is 29.3 Å². The lowest BCUT2D eigenvalue weighted by atomic mass is 10.1. The summed E-state index contributed by atoms with van der Waals surface area (Å²) < 4.78 is 28.0. The highest BCUT2D eigenvalue weighted by Gasteiger charge is 2.28. The maximum atomic E-state index is 12.7. The number of sulfonamides is 1. The Kier molecular flexibility index (Phi) is 7.09. The van der Waals surface area contributed by atoms with Crippen molar-refractivity contribution in [2.24, 2.45) is 5.73 Å². The second-order valence-electron chi connectivity index (χ2n) is 6.91. The summed E-state index contributed by atoms with van der Waals surface area (Å²) in [5, 5.41) is 0. The van der Waals surface area contributed by atoms with Gasteiger partial charge in [0.05, 0.1) is 10.6 Å². The van der Waals surface area contributed by atoms with Gasteiger partial charge in [-0.25, -0.2) is 8.42 Å². The van der Waals surface area contributed by atoms with E-state index in [0.29, 0.717) is 24.3 Å². The Bertz CT molecular complexity index is 946. The Balaban J connectivity index is 0.00000280. The predicted octanol–water partition coefficient (Wildman–Crippen LogP) is 3.09. The van der Waals surface area contributed by atoms with Crippen LogP contribution in [0.1, 0.15) is 34.3 Å². The van der Waals surface area contributed by atoms with Crippen molar-refractivity contribution in [2.45, 2.75) is 37.6 Å². The molecular weight excluding hydrogens is 398 g/mol. The van der Waals surface area contributed by atoms with Gasteiger partial charge in [-0.2, -0.15) is 0 Å². The van der Waals surface area contributed by atoms with Crippen LogP contribution < -0.4 is 10.5 Å². The van der Waals surface area contributed by atoms with E-state index in [4.69, 9.17) is 5.73 Å². The number of halogens is 1. The molecule has 2 aromatic carbocycles. The highest BCUT2D eigenvalue weighted by Crippen LogP contribution is 2.23. The molecule has 152 valence electrons. The van der Waals surface area contributed by atoms with Gasteiger partial charge in [0.15, 0.2) is 0 Å². The molecule has 1 fully saturated rings. The van der Waals surface area contributed by atoms with Crippen molar-refractivity contribution in [3.05, 3.63) is 59.2 Å². The molecular formula is C20H26ClN3O3S. The van der Waals surface area contributed by atoms with E-state index < -0.39 is 10.0 Å². The van der Waals surface area contributed by atoms with Crippen LogP contribution in [0, 0.1) is 13.8 Å². The monoisotopic (exact) mass is 423 g/mol. The van der Waals surface area contributed by atoms with Gasteiger partial charge in [-0.3, -0.25) is 9.52 Å². The number of likely N-dealkylation sites (tertiary alicyclic amines) is 1. The van der Waals surface area contributed by atoms with Gasteiger partial charge in [-0.1, -0.05) is 12.1 Å². The van der Waals surface area contributed by atoms with Crippen LogP contribution in [-0.4, -0.2) is 38.4 Å². The minimum Gasteiger partial charge on any atom is -0.334 e. The van der Waals surface area contributed by atoms with Gasteiger partial charge in [-0.05, 0) is 68.1 Å². The van der Waals surface area contributed by atoms with E-state index in [1.165, 1.54) is 12.1 Å². The van der Waals surface area contributed by atoms with Crippen LogP contribution in [0.2, 0.25) is 0 Å². The number of benzene rings is 2. The van der Waals surface area contributed by atoms with Gasteiger partial charge in [0.2, 0.25) is 0 Å². The molecule has 1 aliphatic rings. The summed E-state index contributed by atoms with van der Waals surface area (Å²) in [6.45, 7) is 4.94. The number of hydrogen-bond donors (Lipinski definition) is 2. The second kappa shape index (κ2) is 8.94. The number of hydrogen-bond acceptors (Lipinski definition) is 4. The average Bonchev–Trinajstić information content (AvgIpc) is 3.13. The molecule has 0 spiro atoms. The molecule has 0 saturated carbocycles. The summed E-state index contributed by atoms with van der Waals surface area (Å²) in [4.78, 5) is 14.6. The first kappa shape index (κ1) is 22.2. The molecule has 0 aliphatic carbocycles. The number of aryl methyl sites for hydroxylation is 1. The number of anilines is 1. The highest BCUT2D eigenvalue weighted by atomic mass is 35.5. The molecule has 3 N–H and O–H groups in total. The van der Waals surface area contributed by atoms with Crippen LogP contribution in [0.5, 0.6) is 0 Å². The Morgan fingerprint density at radius 3 is 2.50 bits per heavy atom. The van der Waals surface area contributed by atoms with Crippen molar-refractivity contribution < 1.29 is 13.2 Å². The van der Waals surface area contributed by atoms with Gasteiger partial charge < -0.3 is 10.6 Å². The molecule has 1 heterocycles. The Morgan fingerprint density at radius 2 is 1.86 bits per heavy atom. The van der Waals surface area contributed by atoms with Crippen molar-refractivity contribution >= 4 is 34.0 Å². The average molecular weight is 424 g/mol. The lowest BCUT2D eigenvalue weighted by Gasteiger charge is -2.23. The van der Waals surface area contributed by atoms with E-state index in [0.717, 1.165) is 24.0 Å². The van der Waals surface area contributed by atoms with Crippen molar-refractivity contribution in [3.63, 3.8) is 0 Å². The normalized spacial score (nSPS) is 16.5. The summed E-state index contributed by atoms with van der Waals surface area (Å²) in [6, 6.07) is 11.6. The van der Waals surface area contributed by atoms with Crippen LogP contribution in [0.25, 0.3) is 0 Å². The number of nitrogens with one attached hydrogen (secondary N) is 1. The Morgan fingerprint density at radius 1 is 1.18 bits per heavy atom. The van der Waals surface area contributed by atoms with Gasteiger partial charge in [0.1, 0.15) is 0 Å². The smallest absolute Gasteiger partial charge is 0.261 e. The lowest BCUT2D eigenvalue weighted by Crippen LogP contribution is -2.39. The van der Waals surface area contributed by atoms with E-state index in [1.807, 2.05) is 26.0 Å². The maximum absolute atomic E-state index is 12.7. The summed E-state index contributed by atoms with van der Waals surface area (Å²) >= 11 is 0. The standard InChI is InChI=1S/C20H25N3O3S.ClH/c1-14-5-3-7-19(15(14)2)22-27(25,26)18-10-8-16(9-11-18)20(24)23-12-4-6-17(23)13-21;/h3,5,7-11,17,22H,4,6,12-13,21H2,1-2H3;1H. The van der Waals surface area contributed by atoms with Crippen LogP contribution >= 0.6 is 12.4 Å². The first-order valence-corrected chi connectivity index (χ1v) is 10.5. The molecule has 6 nitrogen and oxygen atoms in total. The second-order valence-corrected chi connectivity index (χ2v) is 8.59. The van der Waals surface area contributed by atoms with Crippen molar-refractivity contribution in [3.8, 4) is 0 Å². The van der Waals surface area contributed by atoms with Crippen molar-refractivity contribution in [1.82, 2.24) is 4.90 Å². The third kappa shape index (κ3) is 4.48.